The van der Waals surface area contributed by atoms with Gasteiger partial charge < -0.3 is 10.5 Å². The second kappa shape index (κ2) is 3.96. The van der Waals surface area contributed by atoms with E-state index in [1.165, 1.54) is 7.11 Å². The highest BCUT2D eigenvalue weighted by Gasteiger charge is 2.37. The number of nitrogens with two attached hydrogens (primary N) is 1. The normalized spacial score (nSPS) is 26.6. The zero-order valence-corrected chi connectivity index (χ0v) is 8.80. The number of methoxy groups -OCH3 is 1. The van der Waals surface area contributed by atoms with Crippen molar-refractivity contribution in [2.45, 2.75) is 31.7 Å². The number of ether oxygens (including phenoxy) is 1. The third-order valence-electron chi connectivity index (χ3n) is 2.63. The molecular weight excluding hydrogens is 178 g/mol. The van der Waals surface area contributed by atoms with E-state index in [-0.39, 0.29) is 5.97 Å². The van der Waals surface area contributed by atoms with Gasteiger partial charge in [0.05, 0.1) is 7.11 Å². The van der Waals surface area contributed by atoms with Crippen LogP contribution in [0.5, 0.6) is 0 Å². The number of carbonyl (C=O) groups excluding carboxylic acids is 1. The Morgan fingerprint density at radius 3 is 2.86 bits per heavy atom. The molecule has 1 aliphatic carbocycles. The molecular formula is C11H17NO2. The summed E-state index contributed by atoms with van der Waals surface area (Å²) < 4.78 is 4.70. The van der Waals surface area contributed by atoms with Crippen LogP contribution in [-0.4, -0.2) is 18.6 Å². The molecule has 0 aromatic heterocycles. The zero-order valence-electron chi connectivity index (χ0n) is 8.80. The van der Waals surface area contributed by atoms with E-state index in [1.54, 1.807) is 0 Å². The van der Waals surface area contributed by atoms with Gasteiger partial charge in [0.25, 0.3) is 0 Å². The van der Waals surface area contributed by atoms with Crippen LogP contribution in [0.3, 0.4) is 0 Å². The monoisotopic (exact) mass is 195 g/mol. The van der Waals surface area contributed by atoms with E-state index in [0.29, 0.717) is 12.8 Å². The van der Waals surface area contributed by atoms with E-state index in [2.05, 4.69) is 12.7 Å². The predicted molar refractivity (Wildman–Crippen MR) is 55.7 cm³/mol. The van der Waals surface area contributed by atoms with Crippen LogP contribution in [-0.2, 0) is 9.53 Å². The van der Waals surface area contributed by atoms with Crippen molar-refractivity contribution in [3.8, 4) is 0 Å². The minimum atomic E-state index is -0.849. The third-order valence-corrected chi connectivity index (χ3v) is 2.63. The molecule has 1 atom stereocenters. The molecule has 0 heterocycles. The number of carbonyl (C=O) groups is 1. The molecule has 3 heteroatoms. The molecule has 0 bridgehead atoms. The maximum absolute atomic E-state index is 11.5. The van der Waals surface area contributed by atoms with Gasteiger partial charge in [0.1, 0.15) is 5.54 Å². The van der Waals surface area contributed by atoms with Crippen LogP contribution in [0.25, 0.3) is 0 Å². The van der Waals surface area contributed by atoms with E-state index >= 15 is 0 Å². The SMILES string of the molecule is C=C(C)C1=CCC[C@@](N)(C(=O)OC)C1. The molecule has 0 aliphatic heterocycles. The van der Waals surface area contributed by atoms with Crippen LogP contribution in [0.4, 0.5) is 0 Å². The van der Waals surface area contributed by atoms with Gasteiger partial charge in [-0.25, -0.2) is 0 Å². The van der Waals surface area contributed by atoms with Crippen molar-refractivity contribution in [2.75, 3.05) is 7.11 Å². The van der Waals surface area contributed by atoms with Crippen molar-refractivity contribution in [1.82, 2.24) is 0 Å². The molecule has 2 N–H and O–H groups in total. The molecule has 0 unspecified atom stereocenters. The molecule has 0 saturated heterocycles. The highest BCUT2D eigenvalue weighted by molar-refractivity contribution is 5.81. The number of rotatable bonds is 2. The van der Waals surface area contributed by atoms with Crippen molar-refractivity contribution in [1.29, 1.82) is 0 Å². The van der Waals surface area contributed by atoms with Crippen molar-refractivity contribution in [2.24, 2.45) is 5.73 Å². The Morgan fingerprint density at radius 2 is 2.36 bits per heavy atom. The van der Waals surface area contributed by atoms with Crippen LogP contribution >= 0.6 is 0 Å². The topological polar surface area (TPSA) is 52.3 Å². The molecule has 0 aromatic rings. The van der Waals surface area contributed by atoms with Crippen LogP contribution in [0, 0.1) is 0 Å². The lowest BCUT2D eigenvalue weighted by Crippen LogP contribution is -2.50. The maximum atomic E-state index is 11.5. The summed E-state index contributed by atoms with van der Waals surface area (Å²) in [5, 5.41) is 0. The molecule has 0 aromatic carbocycles. The van der Waals surface area contributed by atoms with Gasteiger partial charge >= 0.3 is 5.97 Å². The van der Waals surface area contributed by atoms with Gasteiger partial charge in [0, 0.05) is 6.42 Å². The zero-order chi connectivity index (χ0) is 10.8. The standard InChI is InChI=1S/C11H17NO2/c1-8(2)9-5-4-6-11(12,7-9)10(13)14-3/h5H,1,4,6-7,12H2,2-3H3/t11-/m0/s1. The van der Waals surface area contributed by atoms with Gasteiger partial charge in [-0.15, -0.1) is 0 Å². The lowest BCUT2D eigenvalue weighted by atomic mass is 9.80. The fourth-order valence-electron chi connectivity index (χ4n) is 1.71. The first kappa shape index (κ1) is 11.0. The van der Waals surface area contributed by atoms with Crippen LogP contribution < -0.4 is 5.73 Å². The number of hydrogen-bond acceptors (Lipinski definition) is 3. The Morgan fingerprint density at radius 1 is 1.71 bits per heavy atom. The largest absolute Gasteiger partial charge is 0.468 e. The molecule has 1 aliphatic rings. The Balaban J connectivity index is 2.82. The Kier molecular flexibility index (Phi) is 3.11. The number of allylic oxidation sites excluding steroid dienone is 2. The first-order chi connectivity index (χ1) is 6.49. The molecule has 0 amide bonds. The number of hydrogen-bond donors (Lipinski definition) is 1. The van der Waals surface area contributed by atoms with Crippen molar-refractivity contribution < 1.29 is 9.53 Å². The minimum Gasteiger partial charge on any atom is -0.468 e. The molecule has 14 heavy (non-hydrogen) atoms. The number of esters is 1. The molecule has 78 valence electrons. The van der Waals surface area contributed by atoms with E-state index in [1.807, 2.05) is 6.92 Å². The van der Waals surface area contributed by atoms with Crippen molar-refractivity contribution in [3.63, 3.8) is 0 Å². The second-order valence-corrected chi connectivity index (χ2v) is 3.87. The first-order valence-corrected chi connectivity index (χ1v) is 4.72. The average molecular weight is 195 g/mol. The van der Waals surface area contributed by atoms with Gasteiger partial charge in [-0.2, -0.15) is 0 Å². The summed E-state index contributed by atoms with van der Waals surface area (Å²) in [7, 11) is 1.37. The fraction of sp³-hybridized carbons (Fsp3) is 0.545. The molecule has 0 spiro atoms. The van der Waals surface area contributed by atoms with Gasteiger partial charge in [-0.3, -0.25) is 4.79 Å². The molecule has 0 radical (unpaired) electrons. The third kappa shape index (κ3) is 2.04. The van der Waals surface area contributed by atoms with Crippen molar-refractivity contribution in [3.05, 3.63) is 23.8 Å². The first-order valence-electron chi connectivity index (χ1n) is 4.72. The predicted octanol–water partition coefficient (Wildman–Crippen LogP) is 1.54. The average Bonchev–Trinajstić information content (AvgIpc) is 2.16. The fourth-order valence-corrected chi connectivity index (χ4v) is 1.71. The van der Waals surface area contributed by atoms with E-state index in [4.69, 9.17) is 10.5 Å². The maximum Gasteiger partial charge on any atom is 0.326 e. The minimum absolute atomic E-state index is 0.329. The smallest absolute Gasteiger partial charge is 0.326 e. The summed E-state index contributed by atoms with van der Waals surface area (Å²) in [6.07, 6.45) is 4.09. The van der Waals surface area contributed by atoms with Crippen LogP contribution in [0.2, 0.25) is 0 Å². The summed E-state index contributed by atoms with van der Waals surface area (Å²) in [6.45, 7) is 5.78. The molecule has 3 nitrogen and oxygen atoms in total. The summed E-state index contributed by atoms with van der Waals surface area (Å²) >= 11 is 0. The van der Waals surface area contributed by atoms with Gasteiger partial charge in [-0.05, 0) is 25.3 Å². The molecule has 1 rings (SSSR count). The second-order valence-electron chi connectivity index (χ2n) is 3.87. The Bertz CT molecular complexity index is 294. The van der Waals surface area contributed by atoms with E-state index < -0.39 is 5.54 Å². The summed E-state index contributed by atoms with van der Waals surface area (Å²) in [6, 6.07) is 0. The molecule has 0 fully saturated rings. The summed E-state index contributed by atoms with van der Waals surface area (Å²) in [5.41, 5.74) is 7.18. The van der Waals surface area contributed by atoms with Crippen molar-refractivity contribution >= 4 is 5.97 Å². The quantitative estimate of drug-likeness (QED) is 0.680. The lowest BCUT2D eigenvalue weighted by Gasteiger charge is -2.30. The molecule has 0 saturated carbocycles. The Labute approximate surface area is 84.6 Å². The van der Waals surface area contributed by atoms with Gasteiger partial charge in [0.15, 0.2) is 0 Å². The van der Waals surface area contributed by atoms with Gasteiger partial charge in [0.2, 0.25) is 0 Å². The lowest BCUT2D eigenvalue weighted by molar-refractivity contribution is -0.147. The summed E-state index contributed by atoms with van der Waals surface area (Å²) in [5.74, 6) is -0.329. The summed E-state index contributed by atoms with van der Waals surface area (Å²) in [4.78, 5) is 11.5. The van der Waals surface area contributed by atoms with Crippen LogP contribution in [0.15, 0.2) is 23.8 Å². The van der Waals surface area contributed by atoms with Gasteiger partial charge in [-0.1, -0.05) is 18.2 Å². The van der Waals surface area contributed by atoms with E-state index in [0.717, 1.165) is 17.6 Å². The van der Waals surface area contributed by atoms with E-state index in [9.17, 15) is 4.79 Å². The Hall–Kier alpha value is -1.09. The van der Waals surface area contributed by atoms with Crippen LogP contribution in [0.1, 0.15) is 26.2 Å². The highest BCUT2D eigenvalue weighted by Crippen LogP contribution is 2.30. The highest BCUT2D eigenvalue weighted by atomic mass is 16.5.